The van der Waals surface area contributed by atoms with Crippen LogP contribution in [0.25, 0.3) is 0 Å². The maximum absolute atomic E-state index is 5.89. The van der Waals surface area contributed by atoms with Gasteiger partial charge in [0, 0.05) is 25.7 Å². The first kappa shape index (κ1) is 22.7. The Balaban J connectivity index is 0. The van der Waals surface area contributed by atoms with Gasteiger partial charge in [-0.05, 0) is 12.3 Å². The van der Waals surface area contributed by atoms with Crippen molar-refractivity contribution in [1.29, 1.82) is 0 Å². The summed E-state index contributed by atoms with van der Waals surface area (Å²) < 4.78 is 0. The average Bonchev–Trinajstić information content (AvgIpc) is 2.39. The third kappa shape index (κ3) is 10.8. The van der Waals surface area contributed by atoms with Crippen molar-refractivity contribution >= 4 is 29.9 Å². The van der Waals surface area contributed by atoms with Gasteiger partial charge in [0.25, 0.3) is 0 Å². The summed E-state index contributed by atoms with van der Waals surface area (Å²) in [7, 11) is 0. The molecular formula is C16H33IN4. The summed E-state index contributed by atoms with van der Waals surface area (Å²) in [4.78, 5) is 6.80. The smallest absolute Gasteiger partial charge is 0.188 e. The molecule has 0 aliphatic heterocycles. The van der Waals surface area contributed by atoms with Gasteiger partial charge in [0.05, 0.1) is 6.54 Å². The molecule has 0 bridgehead atoms. The zero-order chi connectivity index (χ0) is 15.4. The minimum absolute atomic E-state index is 0. The van der Waals surface area contributed by atoms with Gasteiger partial charge in [-0.25, -0.2) is 0 Å². The molecule has 0 amide bonds. The van der Waals surface area contributed by atoms with E-state index in [4.69, 9.17) is 5.73 Å². The number of rotatable bonds is 11. The van der Waals surface area contributed by atoms with Gasteiger partial charge in [0.2, 0.25) is 0 Å². The fourth-order valence-corrected chi connectivity index (χ4v) is 2.07. The van der Waals surface area contributed by atoms with Crippen molar-refractivity contribution in [3.63, 3.8) is 0 Å². The predicted octanol–water partition coefficient (Wildman–Crippen LogP) is 3.01. The number of nitrogens with one attached hydrogen (secondary N) is 1. The maximum atomic E-state index is 5.89. The molecule has 0 aromatic rings. The second-order valence-corrected chi connectivity index (χ2v) is 5.35. The normalized spacial score (nSPS) is 12.9. The molecule has 0 aromatic heterocycles. The number of aliphatic imine (C=N–C) groups is 1. The zero-order valence-corrected chi connectivity index (χ0v) is 16.2. The number of nitrogens with two attached hydrogens (primary N) is 1. The third-order valence-electron chi connectivity index (χ3n) is 3.25. The van der Waals surface area contributed by atoms with Crippen LogP contribution in [0.4, 0.5) is 0 Å². The molecule has 4 nitrogen and oxygen atoms in total. The van der Waals surface area contributed by atoms with Crippen LogP contribution >= 0.6 is 24.0 Å². The summed E-state index contributed by atoms with van der Waals surface area (Å²) in [5.41, 5.74) is 5.89. The summed E-state index contributed by atoms with van der Waals surface area (Å²) in [6, 6.07) is 0.345. The molecule has 0 spiro atoms. The van der Waals surface area contributed by atoms with Crippen LogP contribution in [0.2, 0.25) is 0 Å². The van der Waals surface area contributed by atoms with Crippen molar-refractivity contribution in [2.45, 2.75) is 39.7 Å². The molecule has 124 valence electrons. The van der Waals surface area contributed by atoms with Crippen LogP contribution < -0.4 is 11.1 Å². The summed E-state index contributed by atoms with van der Waals surface area (Å²) in [5.74, 6) is 1.04. The van der Waals surface area contributed by atoms with Crippen molar-refractivity contribution in [3.8, 4) is 0 Å². The summed E-state index contributed by atoms with van der Waals surface area (Å²) in [6.45, 7) is 17.5. The molecule has 5 heteroatoms. The van der Waals surface area contributed by atoms with Gasteiger partial charge < -0.3 is 11.1 Å². The Morgan fingerprint density at radius 1 is 1.29 bits per heavy atom. The number of unbranched alkanes of at least 4 members (excludes halogenated alkanes) is 1. The molecule has 0 aliphatic rings. The Labute approximate surface area is 148 Å². The number of halogens is 1. The monoisotopic (exact) mass is 408 g/mol. The lowest BCUT2D eigenvalue weighted by Gasteiger charge is -2.31. The Morgan fingerprint density at radius 3 is 2.29 bits per heavy atom. The second kappa shape index (κ2) is 14.4. The van der Waals surface area contributed by atoms with E-state index in [9.17, 15) is 0 Å². The molecule has 0 saturated heterocycles. The highest BCUT2D eigenvalue weighted by Gasteiger charge is 2.19. The molecule has 0 aromatic carbocycles. The highest BCUT2D eigenvalue weighted by Crippen LogP contribution is 2.11. The first-order valence-electron chi connectivity index (χ1n) is 7.56. The van der Waals surface area contributed by atoms with E-state index in [-0.39, 0.29) is 24.0 Å². The van der Waals surface area contributed by atoms with E-state index < -0.39 is 0 Å². The van der Waals surface area contributed by atoms with Gasteiger partial charge >= 0.3 is 0 Å². The molecule has 0 rings (SSSR count). The van der Waals surface area contributed by atoms with Crippen LogP contribution in [0.15, 0.2) is 30.3 Å². The fraction of sp³-hybridized carbons (Fsp3) is 0.688. The van der Waals surface area contributed by atoms with Crippen molar-refractivity contribution in [2.24, 2.45) is 16.6 Å². The van der Waals surface area contributed by atoms with Crippen molar-refractivity contribution in [3.05, 3.63) is 25.3 Å². The minimum atomic E-state index is 0. The van der Waals surface area contributed by atoms with E-state index in [1.165, 1.54) is 0 Å². The Kier molecular flexibility index (Phi) is 15.6. The summed E-state index contributed by atoms with van der Waals surface area (Å²) >= 11 is 0. The molecule has 21 heavy (non-hydrogen) atoms. The van der Waals surface area contributed by atoms with E-state index in [0.29, 0.717) is 24.5 Å². The van der Waals surface area contributed by atoms with Crippen LogP contribution in [0.1, 0.15) is 33.6 Å². The van der Waals surface area contributed by atoms with E-state index in [1.54, 1.807) is 0 Å². The first-order valence-corrected chi connectivity index (χ1v) is 7.56. The topological polar surface area (TPSA) is 53.6 Å². The molecule has 1 unspecified atom stereocenters. The summed E-state index contributed by atoms with van der Waals surface area (Å²) in [6.07, 6.45) is 6.11. The second-order valence-electron chi connectivity index (χ2n) is 5.35. The van der Waals surface area contributed by atoms with E-state index in [2.05, 4.69) is 49.1 Å². The lowest BCUT2D eigenvalue weighted by molar-refractivity contribution is 0.195. The Bertz CT molecular complexity index is 293. The number of nitrogens with zero attached hydrogens (tertiary/aromatic N) is 2. The molecule has 1 atom stereocenters. The molecule has 3 N–H and O–H groups in total. The highest BCUT2D eigenvalue weighted by atomic mass is 127. The zero-order valence-electron chi connectivity index (χ0n) is 13.8. The van der Waals surface area contributed by atoms with Gasteiger partial charge in [-0.2, -0.15) is 0 Å². The van der Waals surface area contributed by atoms with Gasteiger partial charge in [-0.15, -0.1) is 37.1 Å². The fourth-order valence-electron chi connectivity index (χ4n) is 2.07. The van der Waals surface area contributed by atoms with Crippen molar-refractivity contribution in [1.82, 2.24) is 10.2 Å². The lowest BCUT2D eigenvalue weighted by Crippen LogP contribution is -2.42. The molecule has 0 aliphatic carbocycles. The molecule has 0 saturated carbocycles. The third-order valence-corrected chi connectivity index (χ3v) is 3.25. The van der Waals surface area contributed by atoms with E-state index >= 15 is 0 Å². The number of hydrogen-bond donors (Lipinski definition) is 2. The van der Waals surface area contributed by atoms with Crippen molar-refractivity contribution in [2.75, 3.05) is 26.2 Å². The molecule has 0 fully saturated rings. The van der Waals surface area contributed by atoms with E-state index in [0.717, 1.165) is 32.5 Å². The van der Waals surface area contributed by atoms with Gasteiger partial charge in [0.15, 0.2) is 5.96 Å². The van der Waals surface area contributed by atoms with Crippen LogP contribution in [-0.2, 0) is 0 Å². The van der Waals surface area contributed by atoms with Crippen LogP contribution in [-0.4, -0.2) is 43.1 Å². The Morgan fingerprint density at radius 2 is 1.86 bits per heavy atom. The maximum Gasteiger partial charge on any atom is 0.188 e. The van der Waals surface area contributed by atoms with Gasteiger partial charge in [0.1, 0.15) is 0 Å². The average molecular weight is 408 g/mol. The van der Waals surface area contributed by atoms with Crippen LogP contribution in [0, 0.1) is 5.92 Å². The molecule has 0 radical (unpaired) electrons. The lowest BCUT2D eigenvalue weighted by atomic mass is 10.0. The predicted molar refractivity (Wildman–Crippen MR) is 105 cm³/mol. The van der Waals surface area contributed by atoms with Gasteiger partial charge in [-0.3, -0.25) is 9.89 Å². The quantitative estimate of drug-likeness (QED) is 0.182. The van der Waals surface area contributed by atoms with Crippen LogP contribution in [0.3, 0.4) is 0 Å². The Hall–Kier alpha value is -0.560. The molecule has 0 heterocycles. The number of guanidine groups is 1. The summed E-state index contributed by atoms with van der Waals surface area (Å²) in [5, 5.41) is 3.15. The highest BCUT2D eigenvalue weighted by molar-refractivity contribution is 14.0. The van der Waals surface area contributed by atoms with Gasteiger partial charge in [-0.1, -0.05) is 39.3 Å². The first-order chi connectivity index (χ1) is 9.56. The minimum Gasteiger partial charge on any atom is -0.370 e. The van der Waals surface area contributed by atoms with Crippen LogP contribution in [0.5, 0.6) is 0 Å². The standard InChI is InChI=1S/C16H32N4.HI/c1-6-9-10-18-16(17)19-13-15(14(4)5)20(11-7-2)12-8-3;/h7-8,14-15H,2-3,6,9-13H2,1,4-5H3,(H3,17,18,19);1H. The largest absolute Gasteiger partial charge is 0.370 e. The SMILES string of the molecule is C=CCN(CC=C)C(CN=C(N)NCCCC)C(C)C.I. The molecular weight excluding hydrogens is 375 g/mol. The van der Waals surface area contributed by atoms with E-state index in [1.807, 2.05) is 12.2 Å². The number of hydrogen-bond acceptors (Lipinski definition) is 2. The van der Waals surface area contributed by atoms with Crippen molar-refractivity contribution < 1.29 is 0 Å².